The molecule has 3 aromatic rings. The van der Waals surface area contributed by atoms with Gasteiger partial charge in [0, 0.05) is 7.11 Å². The summed E-state index contributed by atoms with van der Waals surface area (Å²) in [6.07, 6.45) is -1.98. The van der Waals surface area contributed by atoms with Gasteiger partial charge in [-0.05, 0) is 23.8 Å². The third kappa shape index (κ3) is 4.34. The topological polar surface area (TPSA) is 108 Å². The fourth-order valence-corrected chi connectivity index (χ4v) is 4.11. The summed E-state index contributed by atoms with van der Waals surface area (Å²) in [7, 11) is 1.44. The number of ether oxygens (including phenoxy) is 5. The molecule has 0 radical (unpaired) electrons. The lowest BCUT2D eigenvalue weighted by atomic mass is 10.1. The third-order valence-corrected chi connectivity index (χ3v) is 5.75. The first-order chi connectivity index (χ1) is 15.9. The second-order valence-electron chi connectivity index (χ2n) is 7.77. The number of hydrogen-bond acceptors (Lipinski definition) is 8. The Morgan fingerprint density at radius 3 is 2.64 bits per heavy atom. The standard InChI is InChI=1S/C21H20ClF2N3O6/c1-29-5-9-2-12(23)10(13(24)3-9)6-32-20-11(22)4-14-19(26-20)27-21(25-14)33-16-8-31-17-15(28)7-30-18(16)17/h2-4,15-18,28H,5-8H2,1H3,(H,25,26,27)/t15-,16-,17-,18?/m1/s1. The largest absolute Gasteiger partial charge is 0.471 e. The number of aliphatic hydroxyl groups is 1. The number of nitrogens with zero attached hydrogens (tertiary/aromatic N) is 2. The predicted octanol–water partition coefficient (Wildman–Crippen LogP) is 2.52. The number of methoxy groups -OCH3 is 1. The van der Waals surface area contributed by atoms with E-state index < -0.39 is 42.7 Å². The van der Waals surface area contributed by atoms with Crippen LogP contribution in [0.25, 0.3) is 11.2 Å². The van der Waals surface area contributed by atoms with E-state index in [1.54, 1.807) is 0 Å². The molecule has 1 unspecified atom stereocenters. The predicted molar refractivity (Wildman–Crippen MR) is 110 cm³/mol. The number of H-pyrrole nitrogens is 1. The minimum Gasteiger partial charge on any atom is -0.471 e. The second kappa shape index (κ2) is 8.99. The molecule has 2 aromatic heterocycles. The summed E-state index contributed by atoms with van der Waals surface area (Å²) in [5, 5.41) is 9.97. The number of benzene rings is 1. The van der Waals surface area contributed by atoms with Crippen LogP contribution in [0.3, 0.4) is 0 Å². The van der Waals surface area contributed by atoms with Gasteiger partial charge in [-0.3, -0.25) is 0 Å². The third-order valence-electron chi connectivity index (χ3n) is 5.48. The van der Waals surface area contributed by atoms with Crippen molar-refractivity contribution in [3.05, 3.63) is 46.0 Å². The van der Waals surface area contributed by atoms with E-state index in [2.05, 4.69) is 15.0 Å². The molecular formula is C21H20ClF2N3O6. The molecule has 2 fully saturated rings. The molecule has 0 spiro atoms. The minimum atomic E-state index is -0.758. The van der Waals surface area contributed by atoms with Crippen LogP contribution < -0.4 is 9.47 Å². The maximum Gasteiger partial charge on any atom is 0.296 e. The highest BCUT2D eigenvalue weighted by atomic mass is 35.5. The van der Waals surface area contributed by atoms with Gasteiger partial charge in [0.25, 0.3) is 6.01 Å². The SMILES string of the molecule is COCc1cc(F)c(COc2nc3nc(O[C@@H]4CO[C@H]5C4OC[C@H]5O)[nH]c3cc2Cl)c(F)c1. The first kappa shape index (κ1) is 22.2. The average Bonchev–Trinajstić information content (AvgIpc) is 3.45. The van der Waals surface area contributed by atoms with Gasteiger partial charge < -0.3 is 33.8 Å². The molecule has 5 rings (SSSR count). The Bertz CT molecular complexity index is 1160. The van der Waals surface area contributed by atoms with Crippen molar-refractivity contribution in [3.8, 4) is 11.9 Å². The number of fused-ring (bicyclic) bond motifs is 2. The van der Waals surface area contributed by atoms with Crippen LogP contribution in [0.4, 0.5) is 8.78 Å². The number of halogens is 3. The molecule has 0 saturated carbocycles. The smallest absolute Gasteiger partial charge is 0.296 e. The van der Waals surface area contributed by atoms with E-state index in [1.807, 2.05) is 0 Å². The number of pyridine rings is 1. The quantitative estimate of drug-likeness (QED) is 0.528. The summed E-state index contributed by atoms with van der Waals surface area (Å²) in [5.41, 5.74) is 0.831. The number of imidazole rings is 1. The van der Waals surface area contributed by atoms with Crippen molar-refractivity contribution in [1.82, 2.24) is 15.0 Å². The zero-order valence-corrected chi connectivity index (χ0v) is 18.1. The Balaban J connectivity index is 1.31. The second-order valence-corrected chi connectivity index (χ2v) is 8.17. The summed E-state index contributed by atoms with van der Waals surface area (Å²) in [6.45, 7) is 0.0958. The molecule has 9 nitrogen and oxygen atoms in total. The summed E-state index contributed by atoms with van der Waals surface area (Å²) in [4.78, 5) is 11.4. The van der Waals surface area contributed by atoms with Crippen molar-refractivity contribution in [2.24, 2.45) is 0 Å². The number of aromatic amines is 1. The lowest BCUT2D eigenvalue weighted by Gasteiger charge is -2.15. The molecule has 2 aliphatic heterocycles. The minimum absolute atomic E-state index is 0.0338. The molecule has 0 aliphatic carbocycles. The highest BCUT2D eigenvalue weighted by Crippen LogP contribution is 2.31. The molecule has 4 heterocycles. The summed E-state index contributed by atoms with van der Waals surface area (Å²) >= 11 is 6.24. The molecule has 0 amide bonds. The number of hydrogen-bond donors (Lipinski definition) is 2. The molecule has 4 atom stereocenters. The van der Waals surface area contributed by atoms with Crippen molar-refractivity contribution in [2.45, 2.75) is 37.6 Å². The zero-order chi connectivity index (χ0) is 23.1. The Morgan fingerprint density at radius 1 is 1.12 bits per heavy atom. The van der Waals surface area contributed by atoms with Crippen molar-refractivity contribution in [3.63, 3.8) is 0 Å². The highest BCUT2D eigenvalue weighted by Gasteiger charge is 2.48. The summed E-state index contributed by atoms with van der Waals surface area (Å²) in [6, 6.07) is 4.06. The molecule has 176 valence electrons. The van der Waals surface area contributed by atoms with Crippen molar-refractivity contribution in [2.75, 3.05) is 20.3 Å². The van der Waals surface area contributed by atoms with E-state index in [9.17, 15) is 13.9 Å². The molecule has 1 aromatic carbocycles. The molecule has 0 bridgehead atoms. The Hall–Kier alpha value is -2.57. The van der Waals surface area contributed by atoms with Gasteiger partial charge in [0.15, 0.2) is 11.8 Å². The fraction of sp³-hybridized carbons (Fsp3) is 0.429. The normalized spacial score (nSPS) is 24.4. The van der Waals surface area contributed by atoms with Gasteiger partial charge in [-0.1, -0.05) is 11.6 Å². The zero-order valence-electron chi connectivity index (χ0n) is 17.4. The monoisotopic (exact) mass is 483 g/mol. The maximum atomic E-state index is 14.3. The van der Waals surface area contributed by atoms with Gasteiger partial charge in [-0.2, -0.15) is 9.97 Å². The number of aliphatic hydroxyl groups excluding tert-OH is 1. The molecule has 2 aliphatic rings. The number of nitrogens with one attached hydrogen (secondary N) is 1. The van der Waals surface area contributed by atoms with Crippen LogP contribution in [0.15, 0.2) is 18.2 Å². The lowest BCUT2D eigenvalue weighted by Crippen LogP contribution is -2.34. The molecule has 2 N–H and O–H groups in total. The van der Waals surface area contributed by atoms with Crippen LogP contribution >= 0.6 is 11.6 Å². The van der Waals surface area contributed by atoms with Gasteiger partial charge in [-0.25, -0.2) is 8.78 Å². The van der Waals surface area contributed by atoms with Crippen molar-refractivity contribution in [1.29, 1.82) is 0 Å². The molecule has 33 heavy (non-hydrogen) atoms. The van der Waals surface area contributed by atoms with Gasteiger partial charge in [0.05, 0.1) is 30.9 Å². The first-order valence-corrected chi connectivity index (χ1v) is 10.5. The van der Waals surface area contributed by atoms with E-state index in [4.69, 9.17) is 35.3 Å². The lowest BCUT2D eigenvalue weighted by molar-refractivity contribution is 0.00706. The van der Waals surface area contributed by atoms with Crippen LogP contribution in [0, 0.1) is 11.6 Å². The van der Waals surface area contributed by atoms with E-state index in [0.717, 1.165) is 0 Å². The van der Waals surface area contributed by atoms with Crippen molar-refractivity contribution < 1.29 is 37.6 Å². The Labute approximate surface area is 191 Å². The highest BCUT2D eigenvalue weighted by molar-refractivity contribution is 6.32. The van der Waals surface area contributed by atoms with Crippen LogP contribution in [-0.4, -0.2) is 64.8 Å². The van der Waals surface area contributed by atoms with Crippen molar-refractivity contribution >= 4 is 22.8 Å². The summed E-state index contributed by atoms with van der Waals surface area (Å²) in [5.74, 6) is -1.55. The van der Waals surface area contributed by atoms with Gasteiger partial charge >= 0.3 is 0 Å². The average molecular weight is 484 g/mol. The van der Waals surface area contributed by atoms with E-state index in [1.165, 1.54) is 25.3 Å². The number of rotatable bonds is 7. The van der Waals surface area contributed by atoms with Crippen LogP contribution in [0.5, 0.6) is 11.9 Å². The van der Waals surface area contributed by atoms with Gasteiger partial charge in [-0.15, -0.1) is 0 Å². The first-order valence-electron chi connectivity index (χ1n) is 10.2. The fourth-order valence-electron chi connectivity index (χ4n) is 3.91. The number of aromatic nitrogens is 3. The van der Waals surface area contributed by atoms with Gasteiger partial charge in [0.2, 0.25) is 5.88 Å². The Kier molecular flexibility index (Phi) is 6.06. The maximum absolute atomic E-state index is 14.3. The van der Waals surface area contributed by atoms with E-state index in [0.29, 0.717) is 11.1 Å². The van der Waals surface area contributed by atoms with Crippen LogP contribution in [0.2, 0.25) is 5.02 Å². The van der Waals surface area contributed by atoms with Crippen LogP contribution in [-0.2, 0) is 27.4 Å². The summed E-state index contributed by atoms with van der Waals surface area (Å²) < 4.78 is 55.9. The van der Waals surface area contributed by atoms with E-state index in [-0.39, 0.29) is 47.9 Å². The molecule has 2 saturated heterocycles. The Morgan fingerprint density at radius 2 is 1.88 bits per heavy atom. The van der Waals surface area contributed by atoms with E-state index >= 15 is 0 Å². The van der Waals surface area contributed by atoms with Crippen LogP contribution in [0.1, 0.15) is 11.1 Å². The molecule has 12 heteroatoms. The van der Waals surface area contributed by atoms with Gasteiger partial charge in [0.1, 0.15) is 41.6 Å². The molecular weight excluding hydrogens is 464 g/mol.